The highest BCUT2D eigenvalue weighted by molar-refractivity contribution is 6.05. The number of halogens is 4. The van der Waals surface area contributed by atoms with Crippen LogP contribution < -0.4 is 16.1 Å². The fraction of sp³-hybridized carbons (Fsp3) is 0.583. The molecule has 0 radical (unpaired) electrons. The van der Waals surface area contributed by atoms with Crippen LogP contribution in [0.5, 0.6) is 0 Å². The van der Waals surface area contributed by atoms with Crippen LogP contribution >= 0.6 is 0 Å². The Labute approximate surface area is 215 Å². The van der Waals surface area contributed by atoms with Crippen molar-refractivity contribution in [3.8, 4) is 0 Å². The number of ether oxygens (including phenoxy) is 1. The van der Waals surface area contributed by atoms with Gasteiger partial charge >= 0.3 is 12.3 Å². The molecule has 3 fully saturated rings. The third kappa shape index (κ3) is 4.82. The van der Waals surface area contributed by atoms with Gasteiger partial charge in [-0.3, -0.25) is 25.1 Å². The average molecular weight is 542 g/mol. The molecule has 1 aromatic rings. The first-order chi connectivity index (χ1) is 17.9. The largest absolute Gasteiger partial charge is 0.446 e. The number of benzene rings is 1. The lowest BCUT2D eigenvalue weighted by atomic mass is 9.73. The molecule has 4 aliphatic rings. The zero-order valence-corrected chi connectivity index (χ0v) is 20.4. The number of fused-ring (bicyclic) bond motifs is 1. The molecule has 10 nitrogen and oxygen atoms in total. The number of rotatable bonds is 5. The Morgan fingerprint density at radius 1 is 1.21 bits per heavy atom. The van der Waals surface area contributed by atoms with Crippen LogP contribution in [0.2, 0.25) is 0 Å². The van der Waals surface area contributed by atoms with E-state index in [0.29, 0.717) is 5.56 Å². The van der Waals surface area contributed by atoms with Crippen LogP contribution in [-0.2, 0) is 27.4 Å². The molecule has 4 amide bonds. The molecule has 3 aliphatic heterocycles. The van der Waals surface area contributed by atoms with E-state index in [1.54, 1.807) is 13.1 Å². The molecule has 1 aromatic carbocycles. The molecule has 14 heteroatoms. The first-order valence-corrected chi connectivity index (χ1v) is 12.4. The van der Waals surface area contributed by atoms with Crippen molar-refractivity contribution in [2.45, 2.75) is 63.1 Å². The number of nitrogens with zero attached hydrogens (tertiary/aromatic N) is 2. The van der Waals surface area contributed by atoms with Gasteiger partial charge < -0.3 is 15.0 Å². The summed E-state index contributed by atoms with van der Waals surface area (Å²) in [6.45, 7) is -0.435. The van der Waals surface area contributed by atoms with Crippen LogP contribution in [0.4, 0.5) is 22.4 Å². The molecule has 3 unspecified atom stereocenters. The molecule has 3 N–H and O–H groups in total. The summed E-state index contributed by atoms with van der Waals surface area (Å²) < 4.78 is 60.4. The van der Waals surface area contributed by atoms with Crippen molar-refractivity contribution in [3.05, 3.63) is 34.6 Å². The topological polar surface area (TPSA) is 120 Å². The number of amides is 4. The van der Waals surface area contributed by atoms with E-state index in [9.17, 15) is 32.3 Å². The minimum Gasteiger partial charge on any atom is -0.446 e. The highest BCUT2D eigenvalue weighted by Crippen LogP contribution is 2.43. The number of carbonyl (C=O) groups excluding carboxylic acids is 4. The second kappa shape index (κ2) is 9.80. The van der Waals surface area contributed by atoms with Gasteiger partial charge in [0.15, 0.2) is 0 Å². The number of hydrazine groups is 1. The summed E-state index contributed by atoms with van der Waals surface area (Å²) in [5, 5.41) is 6.08. The van der Waals surface area contributed by atoms with E-state index in [2.05, 4.69) is 16.1 Å². The lowest BCUT2D eigenvalue weighted by Gasteiger charge is -2.42. The molecular formula is C24H27F4N5O5. The monoisotopic (exact) mass is 541 g/mol. The van der Waals surface area contributed by atoms with Crippen molar-refractivity contribution >= 4 is 23.8 Å². The minimum atomic E-state index is -4.33. The smallest absolute Gasteiger partial charge is 0.407 e. The molecule has 3 heterocycles. The highest BCUT2D eigenvalue weighted by atomic mass is 19.4. The molecule has 3 atom stereocenters. The number of nitrogens with one attached hydrogen (secondary N) is 3. The predicted molar refractivity (Wildman–Crippen MR) is 121 cm³/mol. The third-order valence-corrected chi connectivity index (χ3v) is 7.86. The van der Waals surface area contributed by atoms with Crippen molar-refractivity contribution in [2.24, 2.45) is 11.8 Å². The van der Waals surface area contributed by atoms with E-state index in [-0.39, 0.29) is 62.4 Å². The molecule has 1 aliphatic carbocycles. The SMILES string of the molecule is CN1NCC(C(F)(F)F)C1C1CC(OC(=O)NCc2ccc3c(c2F)C(=O)N(C2CCC(=O)NC2=O)C3)C1. The molecular weight excluding hydrogens is 514 g/mol. The van der Waals surface area contributed by atoms with Crippen LogP contribution in [0, 0.1) is 17.7 Å². The van der Waals surface area contributed by atoms with Gasteiger partial charge in [0.2, 0.25) is 11.8 Å². The van der Waals surface area contributed by atoms with Gasteiger partial charge in [0.05, 0.1) is 11.5 Å². The Hall–Kier alpha value is -3.26. The summed E-state index contributed by atoms with van der Waals surface area (Å²) in [5.41, 5.74) is 2.97. The van der Waals surface area contributed by atoms with E-state index in [0.717, 1.165) is 0 Å². The summed E-state index contributed by atoms with van der Waals surface area (Å²) in [4.78, 5) is 50.0. The molecule has 38 heavy (non-hydrogen) atoms. The summed E-state index contributed by atoms with van der Waals surface area (Å²) in [7, 11) is 1.57. The number of piperidine rings is 1. The van der Waals surface area contributed by atoms with Gasteiger partial charge in [0, 0.05) is 44.7 Å². The minimum absolute atomic E-state index is 0.0247. The van der Waals surface area contributed by atoms with Gasteiger partial charge in [-0.05, 0) is 30.7 Å². The highest BCUT2D eigenvalue weighted by Gasteiger charge is 2.54. The van der Waals surface area contributed by atoms with Gasteiger partial charge in [-0.1, -0.05) is 12.1 Å². The average Bonchev–Trinajstić information content (AvgIpc) is 3.36. The Kier molecular flexibility index (Phi) is 6.80. The maximum absolute atomic E-state index is 15.2. The summed E-state index contributed by atoms with van der Waals surface area (Å²) in [6, 6.07) is 1.36. The predicted octanol–water partition coefficient (Wildman–Crippen LogP) is 1.59. The zero-order chi connectivity index (χ0) is 27.4. The Morgan fingerprint density at radius 3 is 2.63 bits per heavy atom. The zero-order valence-electron chi connectivity index (χ0n) is 20.4. The lowest BCUT2D eigenvalue weighted by Crippen LogP contribution is -2.52. The Bertz CT molecular complexity index is 1170. The number of hydrogen-bond donors (Lipinski definition) is 3. The van der Waals surface area contributed by atoms with E-state index >= 15 is 4.39 Å². The molecule has 0 aromatic heterocycles. The third-order valence-electron chi connectivity index (χ3n) is 7.86. The molecule has 0 bridgehead atoms. The van der Waals surface area contributed by atoms with Crippen molar-refractivity contribution < 1.29 is 41.5 Å². The number of imide groups is 1. The van der Waals surface area contributed by atoms with E-state index < -0.39 is 59.9 Å². The van der Waals surface area contributed by atoms with Crippen molar-refractivity contribution in [2.75, 3.05) is 13.6 Å². The van der Waals surface area contributed by atoms with Gasteiger partial charge in [0.25, 0.3) is 5.91 Å². The second-order valence-corrected chi connectivity index (χ2v) is 10.2. The van der Waals surface area contributed by atoms with Crippen molar-refractivity contribution in [3.63, 3.8) is 0 Å². The quantitative estimate of drug-likeness (QED) is 0.383. The molecule has 5 rings (SSSR count). The van der Waals surface area contributed by atoms with Gasteiger partial charge in [-0.2, -0.15) is 13.2 Å². The molecule has 2 saturated heterocycles. The van der Waals surface area contributed by atoms with Gasteiger partial charge in [0.1, 0.15) is 18.0 Å². The first kappa shape index (κ1) is 26.4. The van der Waals surface area contributed by atoms with E-state index in [1.807, 2.05) is 0 Å². The van der Waals surface area contributed by atoms with Crippen molar-refractivity contribution in [1.82, 2.24) is 26.0 Å². The van der Waals surface area contributed by atoms with Crippen molar-refractivity contribution in [1.29, 1.82) is 0 Å². The number of alkyl carbamates (subject to hydrolysis) is 1. The van der Waals surface area contributed by atoms with E-state index in [1.165, 1.54) is 16.0 Å². The number of carbonyl (C=O) groups is 4. The first-order valence-electron chi connectivity index (χ1n) is 12.4. The van der Waals surface area contributed by atoms with Gasteiger partial charge in [-0.25, -0.2) is 14.2 Å². The van der Waals surface area contributed by atoms with Crippen LogP contribution in [-0.4, -0.2) is 71.7 Å². The molecule has 206 valence electrons. The number of hydrogen-bond acceptors (Lipinski definition) is 7. The summed E-state index contributed by atoms with van der Waals surface area (Å²) in [5.74, 6) is -4.29. The number of alkyl halides is 3. The van der Waals surface area contributed by atoms with Gasteiger partial charge in [-0.15, -0.1) is 0 Å². The van der Waals surface area contributed by atoms with Crippen LogP contribution in [0.1, 0.15) is 47.2 Å². The fourth-order valence-corrected chi connectivity index (χ4v) is 5.82. The normalized spacial score (nSPS) is 29.7. The molecule has 0 spiro atoms. The second-order valence-electron chi connectivity index (χ2n) is 10.2. The Morgan fingerprint density at radius 2 is 1.95 bits per heavy atom. The maximum atomic E-state index is 15.2. The maximum Gasteiger partial charge on any atom is 0.407 e. The summed E-state index contributed by atoms with van der Waals surface area (Å²) in [6.07, 6.45) is -4.91. The fourth-order valence-electron chi connectivity index (χ4n) is 5.82. The lowest BCUT2D eigenvalue weighted by molar-refractivity contribution is -0.186. The van der Waals surface area contributed by atoms with Crippen LogP contribution in [0.25, 0.3) is 0 Å². The summed E-state index contributed by atoms with van der Waals surface area (Å²) >= 11 is 0. The van der Waals surface area contributed by atoms with Crippen LogP contribution in [0.15, 0.2) is 12.1 Å². The molecule has 1 saturated carbocycles. The van der Waals surface area contributed by atoms with E-state index in [4.69, 9.17) is 4.74 Å². The Balaban J connectivity index is 1.14. The standard InChI is InChI=1S/C24H27F4N5O5/c1-32-20(15(9-30-32)24(26,27)28)13-6-14(7-13)38-23(37)29-8-11-2-3-12-10-33(22(36)18(12)19(11)25)16-4-5-17(34)31-21(16)35/h2-3,13-16,20,30H,4-10H2,1H3,(H,29,37)(H,31,34,35). The van der Waals surface area contributed by atoms with Crippen LogP contribution in [0.3, 0.4) is 0 Å².